The van der Waals surface area contributed by atoms with Crippen molar-refractivity contribution in [1.29, 1.82) is 0 Å². The SMILES string of the molecule is CCN(CC)CCOc1ccc(Cl)cc1CNC(C)C. The lowest BCUT2D eigenvalue weighted by atomic mass is 10.2. The predicted molar refractivity (Wildman–Crippen MR) is 86.7 cm³/mol. The number of likely N-dealkylation sites (N-methyl/N-ethyl adjacent to an activating group) is 1. The summed E-state index contributed by atoms with van der Waals surface area (Å²) < 4.78 is 5.92. The molecule has 0 bridgehead atoms. The molecular formula is C16H27ClN2O. The van der Waals surface area contributed by atoms with Crippen LogP contribution in [0.2, 0.25) is 5.02 Å². The van der Waals surface area contributed by atoms with Crippen molar-refractivity contribution >= 4 is 11.6 Å². The third kappa shape index (κ3) is 6.12. The normalized spacial score (nSPS) is 11.3. The van der Waals surface area contributed by atoms with E-state index in [4.69, 9.17) is 16.3 Å². The van der Waals surface area contributed by atoms with E-state index in [1.807, 2.05) is 18.2 Å². The van der Waals surface area contributed by atoms with Gasteiger partial charge in [-0.1, -0.05) is 39.3 Å². The summed E-state index contributed by atoms with van der Waals surface area (Å²) in [4.78, 5) is 2.35. The number of benzene rings is 1. The van der Waals surface area contributed by atoms with Crippen LogP contribution in [-0.4, -0.2) is 37.2 Å². The number of nitrogens with one attached hydrogen (secondary N) is 1. The van der Waals surface area contributed by atoms with Gasteiger partial charge in [0.25, 0.3) is 0 Å². The summed E-state index contributed by atoms with van der Waals surface area (Å²) in [6.45, 7) is 13.2. The molecule has 0 amide bonds. The average molecular weight is 299 g/mol. The Labute approximate surface area is 128 Å². The van der Waals surface area contributed by atoms with E-state index in [1.165, 1.54) is 0 Å². The van der Waals surface area contributed by atoms with Gasteiger partial charge in [0.15, 0.2) is 0 Å². The van der Waals surface area contributed by atoms with Gasteiger partial charge in [0.05, 0.1) is 0 Å². The van der Waals surface area contributed by atoms with Crippen LogP contribution < -0.4 is 10.1 Å². The Morgan fingerprint density at radius 2 is 1.95 bits per heavy atom. The van der Waals surface area contributed by atoms with Crippen LogP contribution in [0.3, 0.4) is 0 Å². The zero-order chi connectivity index (χ0) is 15.0. The second-order valence-electron chi connectivity index (χ2n) is 5.16. The van der Waals surface area contributed by atoms with Crippen molar-refractivity contribution in [3.05, 3.63) is 28.8 Å². The van der Waals surface area contributed by atoms with E-state index in [9.17, 15) is 0 Å². The molecule has 3 nitrogen and oxygen atoms in total. The quantitative estimate of drug-likeness (QED) is 0.754. The summed E-state index contributed by atoms with van der Waals surface area (Å²) in [6, 6.07) is 6.26. The van der Waals surface area contributed by atoms with Gasteiger partial charge in [-0.2, -0.15) is 0 Å². The van der Waals surface area contributed by atoms with Crippen LogP contribution in [-0.2, 0) is 6.54 Å². The molecule has 0 aromatic heterocycles. The molecule has 0 saturated heterocycles. The molecular weight excluding hydrogens is 272 g/mol. The molecule has 0 saturated carbocycles. The molecule has 0 unspecified atom stereocenters. The topological polar surface area (TPSA) is 24.5 Å². The minimum Gasteiger partial charge on any atom is -0.492 e. The van der Waals surface area contributed by atoms with Gasteiger partial charge < -0.3 is 15.0 Å². The molecule has 1 aromatic carbocycles. The van der Waals surface area contributed by atoms with E-state index >= 15 is 0 Å². The van der Waals surface area contributed by atoms with Crippen molar-refractivity contribution in [2.45, 2.75) is 40.3 Å². The third-order valence-electron chi connectivity index (χ3n) is 3.28. The molecule has 0 spiro atoms. The summed E-state index contributed by atoms with van der Waals surface area (Å²) in [5.74, 6) is 0.926. The number of halogens is 1. The van der Waals surface area contributed by atoms with Crippen LogP contribution in [0.1, 0.15) is 33.3 Å². The molecule has 0 aliphatic heterocycles. The molecule has 0 atom stereocenters. The lowest BCUT2D eigenvalue weighted by molar-refractivity contribution is 0.221. The first kappa shape index (κ1) is 17.3. The molecule has 0 heterocycles. The van der Waals surface area contributed by atoms with Gasteiger partial charge >= 0.3 is 0 Å². The smallest absolute Gasteiger partial charge is 0.123 e. The second kappa shape index (κ2) is 9.22. The van der Waals surface area contributed by atoms with E-state index in [2.05, 4.69) is 37.9 Å². The Bertz CT molecular complexity index is 392. The van der Waals surface area contributed by atoms with Gasteiger partial charge in [0.2, 0.25) is 0 Å². The van der Waals surface area contributed by atoms with Crippen molar-refractivity contribution in [3.63, 3.8) is 0 Å². The molecule has 114 valence electrons. The summed E-state index contributed by atoms with van der Waals surface area (Å²) in [6.07, 6.45) is 0. The zero-order valence-electron chi connectivity index (χ0n) is 13.1. The number of nitrogens with zero attached hydrogens (tertiary/aromatic N) is 1. The van der Waals surface area contributed by atoms with Crippen molar-refractivity contribution in [3.8, 4) is 5.75 Å². The minimum absolute atomic E-state index is 0.442. The van der Waals surface area contributed by atoms with Crippen molar-refractivity contribution in [2.24, 2.45) is 0 Å². The van der Waals surface area contributed by atoms with Crippen LogP contribution in [0.25, 0.3) is 0 Å². The Balaban J connectivity index is 2.59. The van der Waals surface area contributed by atoms with Gasteiger partial charge in [0, 0.05) is 29.7 Å². The maximum Gasteiger partial charge on any atom is 0.123 e. The Morgan fingerprint density at radius 1 is 1.25 bits per heavy atom. The Morgan fingerprint density at radius 3 is 2.55 bits per heavy atom. The predicted octanol–water partition coefficient (Wildman–Crippen LogP) is 3.56. The highest BCUT2D eigenvalue weighted by Gasteiger charge is 2.06. The minimum atomic E-state index is 0.442. The molecule has 1 rings (SSSR count). The van der Waals surface area contributed by atoms with Crippen molar-refractivity contribution in [1.82, 2.24) is 10.2 Å². The zero-order valence-corrected chi connectivity index (χ0v) is 13.8. The largest absolute Gasteiger partial charge is 0.492 e. The highest BCUT2D eigenvalue weighted by Crippen LogP contribution is 2.23. The molecule has 0 aliphatic carbocycles. The van der Waals surface area contributed by atoms with Crippen molar-refractivity contribution < 1.29 is 4.74 Å². The molecule has 0 aliphatic rings. The van der Waals surface area contributed by atoms with Gasteiger partial charge in [-0.05, 0) is 31.3 Å². The summed E-state index contributed by atoms with van der Waals surface area (Å²) in [5, 5.41) is 4.15. The third-order valence-corrected chi connectivity index (χ3v) is 3.52. The lowest BCUT2D eigenvalue weighted by Gasteiger charge is -2.19. The first-order valence-electron chi connectivity index (χ1n) is 7.43. The number of ether oxygens (including phenoxy) is 1. The fourth-order valence-electron chi connectivity index (χ4n) is 1.97. The van der Waals surface area contributed by atoms with Crippen LogP contribution in [0.5, 0.6) is 5.75 Å². The van der Waals surface area contributed by atoms with Gasteiger partial charge in [-0.15, -0.1) is 0 Å². The number of hydrogen-bond donors (Lipinski definition) is 1. The maximum absolute atomic E-state index is 6.07. The molecule has 0 radical (unpaired) electrons. The molecule has 1 N–H and O–H groups in total. The second-order valence-corrected chi connectivity index (χ2v) is 5.60. The monoisotopic (exact) mass is 298 g/mol. The van der Waals surface area contributed by atoms with E-state index in [1.54, 1.807) is 0 Å². The first-order valence-corrected chi connectivity index (χ1v) is 7.81. The van der Waals surface area contributed by atoms with Crippen LogP contribution in [0.4, 0.5) is 0 Å². The van der Waals surface area contributed by atoms with Crippen LogP contribution >= 0.6 is 11.6 Å². The van der Waals surface area contributed by atoms with E-state index in [-0.39, 0.29) is 0 Å². The van der Waals surface area contributed by atoms with Gasteiger partial charge in [0.1, 0.15) is 12.4 Å². The summed E-state index contributed by atoms with van der Waals surface area (Å²) >= 11 is 6.07. The highest BCUT2D eigenvalue weighted by molar-refractivity contribution is 6.30. The van der Waals surface area contributed by atoms with Crippen LogP contribution in [0, 0.1) is 0 Å². The molecule has 4 heteroatoms. The van der Waals surface area contributed by atoms with Gasteiger partial charge in [-0.25, -0.2) is 0 Å². The highest BCUT2D eigenvalue weighted by atomic mass is 35.5. The Hall–Kier alpha value is -0.770. The number of hydrogen-bond acceptors (Lipinski definition) is 3. The van der Waals surface area contributed by atoms with E-state index in [0.717, 1.165) is 42.5 Å². The average Bonchev–Trinajstić information content (AvgIpc) is 2.43. The van der Waals surface area contributed by atoms with Crippen LogP contribution in [0.15, 0.2) is 18.2 Å². The van der Waals surface area contributed by atoms with E-state index in [0.29, 0.717) is 12.6 Å². The molecule has 1 aromatic rings. The standard InChI is InChI=1S/C16H27ClN2O/c1-5-19(6-2)9-10-20-16-8-7-15(17)11-14(16)12-18-13(3)4/h7-8,11,13,18H,5-6,9-10,12H2,1-4H3. The maximum atomic E-state index is 6.07. The number of rotatable bonds is 9. The fraction of sp³-hybridized carbons (Fsp3) is 0.625. The summed E-state index contributed by atoms with van der Waals surface area (Å²) in [7, 11) is 0. The summed E-state index contributed by atoms with van der Waals surface area (Å²) in [5.41, 5.74) is 1.12. The first-order chi connectivity index (χ1) is 9.56. The lowest BCUT2D eigenvalue weighted by Crippen LogP contribution is -2.28. The van der Waals surface area contributed by atoms with Gasteiger partial charge in [-0.3, -0.25) is 0 Å². The van der Waals surface area contributed by atoms with Crippen molar-refractivity contribution in [2.75, 3.05) is 26.2 Å². The fourth-order valence-corrected chi connectivity index (χ4v) is 2.16. The van der Waals surface area contributed by atoms with E-state index < -0.39 is 0 Å². The Kier molecular flexibility index (Phi) is 7.97. The molecule has 20 heavy (non-hydrogen) atoms. The molecule has 0 fully saturated rings.